The van der Waals surface area contributed by atoms with Crippen LogP contribution in [0.25, 0.3) is 0 Å². The smallest absolute Gasteiger partial charge is 0.267 e. The highest BCUT2D eigenvalue weighted by atomic mass is 35.5. The predicted molar refractivity (Wildman–Crippen MR) is 102 cm³/mol. The van der Waals surface area contributed by atoms with Crippen LogP contribution in [0.15, 0.2) is 12.1 Å². The Kier molecular flexibility index (Phi) is 6.13. The lowest BCUT2D eigenvalue weighted by molar-refractivity contribution is -0.368. The minimum absolute atomic E-state index is 0.0242. The fraction of sp³-hybridized carbons (Fsp3) is 0.611. The molecule has 29 heavy (non-hydrogen) atoms. The molecule has 1 amide bonds. The van der Waals surface area contributed by atoms with E-state index in [1.54, 1.807) is 26.1 Å². The number of halogens is 2. The van der Waals surface area contributed by atoms with E-state index < -0.39 is 39.2 Å². The molecule has 1 N–H and O–H groups in total. The summed E-state index contributed by atoms with van der Waals surface area (Å²) < 4.78 is 61.3. The summed E-state index contributed by atoms with van der Waals surface area (Å²) >= 11 is 6.17. The Morgan fingerprint density at radius 3 is 2.45 bits per heavy atom. The summed E-state index contributed by atoms with van der Waals surface area (Å²) in [6.07, 6.45) is 1.40. The average Bonchev–Trinajstić information content (AvgIpc) is 2.63. The third-order valence-electron chi connectivity index (χ3n) is 5.64. The van der Waals surface area contributed by atoms with Gasteiger partial charge in [-0.2, -0.15) is 0 Å². The molecular formula is C18H23ClFNO7S. The number of hydrogen-bond acceptors (Lipinski definition) is 7. The molecule has 3 fully saturated rings. The number of sulfonamides is 1. The monoisotopic (exact) mass is 451 g/mol. The number of ether oxygens (including phenoxy) is 4. The van der Waals surface area contributed by atoms with Gasteiger partial charge < -0.3 is 18.9 Å². The van der Waals surface area contributed by atoms with Gasteiger partial charge in [-0.3, -0.25) is 4.79 Å². The number of nitrogens with one attached hydrogen (secondary N) is 1. The number of carbonyl (C=O) groups excluding carboxylic acids is 1. The maximum Gasteiger partial charge on any atom is 0.267 e. The first-order valence-corrected chi connectivity index (χ1v) is 11.1. The Morgan fingerprint density at radius 1 is 1.24 bits per heavy atom. The van der Waals surface area contributed by atoms with Crippen LogP contribution < -0.4 is 9.46 Å². The van der Waals surface area contributed by atoms with Gasteiger partial charge in [0.15, 0.2) is 5.79 Å². The highest BCUT2D eigenvalue weighted by molar-refractivity contribution is 7.89. The molecule has 2 bridgehead atoms. The number of methoxy groups -OCH3 is 3. The molecule has 0 saturated heterocycles. The summed E-state index contributed by atoms with van der Waals surface area (Å²) in [5, 5.41) is -0.0242. The topological polar surface area (TPSA) is 100 Å². The van der Waals surface area contributed by atoms with Crippen molar-refractivity contribution < 1.29 is 36.6 Å². The van der Waals surface area contributed by atoms with E-state index >= 15 is 0 Å². The Morgan fingerprint density at radius 2 is 1.90 bits per heavy atom. The molecule has 1 aromatic carbocycles. The van der Waals surface area contributed by atoms with Gasteiger partial charge in [-0.05, 0) is 18.9 Å². The molecule has 0 heterocycles. The van der Waals surface area contributed by atoms with Crippen LogP contribution in [-0.4, -0.2) is 59.9 Å². The Bertz CT molecular complexity index is 906. The van der Waals surface area contributed by atoms with E-state index in [0.717, 1.165) is 24.8 Å². The Labute approximate surface area is 173 Å². The van der Waals surface area contributed by atoms with Gasteiger partial charge in [0, 0.05) is 39.2 Å². The van der Waals surface area contributed by atoms with E-state index in [-0.39, 0.29) is 28.7 Å². The zero-order chi connectivity index (χ0) is 21.6. The minimum Gasteiger partial charge on any atom is -0.486 e. The lowest BCUT2D eigenvalue weighted by atomic mass is 9.57. The average molecular weight is 452 g/mol. The largest absolute Gasteiger partial charge is 0.486 e. The zero-order valence-electron chi connectivity index (χ0n) is 16.4. The molecule has 3 saturated carbocycles. The van der Waals surface area contributed by atoms with Crippen molar-refractivity contribution in [2.24, 2.45) is 11.8 Å². The van der Waals surface area contributed by atoms with Gasteiger partial charge >= 0.3 is 0 Å². The van der Waals surface area contributed by atoms with Crippen molar-refractivity contribution in [2.75, 3.05) is 27.6 Å². The molecule has 3 aliphatic rings. The second kappa shape index (κ2) is 7.99. The first kappa shape index (κ1) is 22.2. The summed E-state index contributed by atoms with van der Waals surface area (Å²) in [6, 6.07) is 2.00. The molecule has 11 heteroatoms. The number of benzene rings is 1. The zero-order valence-corrected chi connectivity index (χ0v) is 18.0. The number of hydrogen-bond donors (Lipinski definition) is 1. The standard InChI is InChI=1S/C18H23ClFNO7S/c1-25-16-11-5-9(18(11,26-2)27-3)6-15(16)28-14-8-13(20)10(7-12(14)19)17(22)21-29(4,23)24/h7-9,11,15-16H,5-6H2,1-4H3,(H,21,22)/t9-,11+,15+,16+/m0/s1. The van der Waals surface area contributed by atoms with Gasteiger partial charge in [0.25, 0.3) is 5.91 Å². The summed E-state index contributed by atoms with van der Waals surface area (Å²) in [5.41, 5.74) is -0.500. The van der Waals surface area contributed by atoms with Gasteiger partial charge in [-0.1, -0.05) is 11.6 Å². The van der Waals surface area contributed by atoms with Crippen molar-refractivity contribution >= 4 is 27.5 Å². The third kappa shape index (κ3) is 3.96. The number of rotatable bonds is 7. The van der Waals surface area contributed by atoms with Gasteiger partial charge in [0.2, 0.25) is 10.0 Å². The fourth-order valence-corrected chi connectivity index (χ4v) is 5.06. The van der Waals surface area contributed by atoms with E-state index in [1.807, 2.05) is 0 Å². The number of fused-ring (bicyclic) bond motifs is 2. The molecule has 0 aliphatic heterocycles. The molecule has 1 aromatic rings. The van der Waals surface area contributed by atoms with Crippen LogP contribution in [-0.2, 0) is 24.2 Å². The van der Waals surface area contributed by atoms with E-state index in [4.69, 9.17) is 30.5 Å². The number of carbonyl (C=O) groups is 1. The van der Waals surface area contributed by atoms with Crippen molar-refractivity contribution in [3.63, 3.8) is 0 Å². The highest BCUT2D eigenvalue weighted by Crippen LogP contribution is 2.57. The second-order valence-corrected chi connectivity index (χ2v) is 9.38. The van der Waals surface area contributed by atoms with Crippen molar-refractivity contribution in [2.45, 2.75) is 30.8 Å². The van der Waals surface area contributed by atoms with Crippen LogP contribution in [0.2, 0.25) is 5.02 Å². The van der Waals surface area contributed by atoms with Crippen LogP contribution in [0.4, 0.5) is 4.39 Å². The maximum absolute atomic E-state index is 14.4. The quantitative estimate of drug-likeness (QED) is 0.632. The minimum atomic E-state index is -3.84. The normalized spacial score (nSPS) is 27.8. The summed E-state index contributed by atoms with van der Waals surface area (Å²) in [5.74, 6) is -2.74. The summed E-state index contributed by atoms with van der Waals surface area (Å²) in [7, 11) is 0.882. The molecule has 8 nitrogen and oxygen atoms in total. The first-order chi connectivity index (χ1) is 13.6. The van der Waals surface area contributed by atoms with Gasteiger partial charge in [-0.15, -0.1) is 0 Å². The Balaban J connectivity index is 1.81. The van der Waals surface area contributed by atoms with E-state index in [9.17, 15) is 17.6 Å². The molecule has 0 radical (unpaired) electrons. The molecule has 0 aromatic heterocycles. The highest BCUT2D eigenvalue weighted by Gasteiger charge is 2.65. The molecular weight excluding hydrogens is 429 g/mol. The lowest BCUT2D eigenvalue weighted by Crippen LogP contribution is -2.70. The van der Waals surface area contributed by atoms with E-state index in [1.165, 1.54) is 0 Å². The van der Waals surface area contributed by atoms with Crippen molar-refractivity contribution in [1.29, 1.82) is 0 Å². The van der Waals surface area contributed by atoms with Crippen LogP contribution in [0.5, 0.6) is 5.75 Å². The molecule has 4 rings (SSSR count). The van der Waals surface area contributed by atoms with Crippen molar-refractivity contribution in [3.8, 4) is 5.75 Å². The van der Waals surface area contributed by atoms with Crippen molar-refractivity contribution in [3.05, 3.63) is 28.5 Å². The SMILES string of the molecule is CO[C@@H]1[C@H]2C[C@@H](C[C@H]1Oc1cc(F)c(C(=O)NS(C)(=O)=O)cc1Cl)C2(OC)OC. The van der Waals surface area contributed by atoms with Gasteiger partial charge in [-0.25, -0.2) is 17.5 Å². The Hall–Kier alpha value is -1.46. The first-order valence-electron chi connectivity index (χ1n) is 8.87. The summed E-state index contributed by atoms with van der Waals surface area (Å²) in [6.45, 7) is 0. The van der Waals surface area contributed by atoms with Crippen molar-refractivity contribution in [1.82, 2.24) is 4.72 Å². The molecule has 162 valence electrons. The van der Waals surface area contributed by atoms with Gasteiger partial charge in [0.05, 0.1) is 16.8 Å². The third-order valence-corrected chi connectivity index (χ3v) is 6.49. The molecule has 4 atom stereocenters. The van der Waals surface area contributed by atoms with Gasteiger partial charge in [0.1, 0.15) is 23.8 Å². The fourth-order valence-electron chi connectivity index (χ4n) is 4.40. The van der Waals surface area contributed by atoms with Crippen LogP contribution in [0.1, 0.15) is 23.2 Å². The predicted octanol–water partition coefficient (Wildman–Crippen LogP) is 1.96. The maximum atomic E-state index is 14.4. The summed E-state index contributed by atoms with van der Waals surface area (Å²) in [4.78, 5) is 11.9. The van der Waals surface area contributed by atoms with Crippen LogP contribution >= 0.6 is 11.6 Å². The molecule has 0 unspecified atom stereocenters. The second-order valence-electron chi connectivity index (χ2n) is 7.23. The van der Waals surface area contributed by atoms with E-state index in [0.29, 0.717) is 6.42 Å². The molecule has 3 aliphatic carbocycles. The lowest BCUT2D eigenvalue weighted by Gasteiger charge is -2.61. The number of amides is 1. The van der Waals surface area contributed by atoms with E-state index in [2.05, 4.69) is 0 Å². The molecule has 0 spiro atoms. The van der Waals surface area contributed by atoms with Crippen LogP contribution in [0.3, 0.4) is 0 Å². The van der Waals surface area contributed by atoms with Crippen LogP contribution in [0, 0.1) is 17.7 Å².